The van der Waals surface area contributed by atoms with Crippen molar-refractivity contribution in [3.05, 3.63) is 17.5 Å². The van der Waals surface area contributed by atoms with E-state index in [0.717, 1.165) is 24.2 Å². The van der Waals surface area contributed by atoms with E-state index < -0.39 is 0 Å². The molecule has 18 heavy (non-hydrogen) atoms. The minimum absolute atomic E-state index is 0.373. The molecular formula is C14H22N2OS. The summed E-state index contributed by atoms with van der Waals surface area (Å²) in [7, 11) is 1.93. The van der Waals surface area contributed by atoms with Crippen LogP contribution < -0.4 is 0 Å². The van der Waals surface area contributed by atoms with Crippen LogP contribution in [0.2, 0.25) is 0 Å². The number of aromatic nitrogens is 2. The Kier molecular flexibility index (Phi) is 4.87. The molecule has 0 atom stereocenters. The van der Waals surface area contributed by atoms with Crippen molar-refractivity contribution in [2.45, 2.75) is 39.0 Å². The van der Waals surface area contributed by atoms with Gasteiger partial charge in [0.15, 0.2) is 0 Å². The number of carbonyl (C=O) groups excluding carboxylic acids is 1. The maximum absolute atomic E-state index is 12.1. The first-order chi connectivity index (χ1) is 8.69. The lowest BCUT2D eigenvalue weighted by molar-refractivity contribution is -0.119. The van der Waals surface area contributed by atoms with Crippen LogP contribution in [0.3, 0.4) is 0 Å². The van der Waals surface area contributed by atoms with Crippen LogP contribution in [0.4, 0.5) is 0 Å². The number of ketones is 1. The van der Waals surface area contributed by atoms with Crippen molar-refractivity contribution >= 4 is 17.5 Å². The molecular weight excluding hydrogens is 244 g/mol. The molecule has 0 unspecified atom stereocenters. The summed E-state index contributed by atoms with van der Waals surface area (Å²) in [5.41, 5.74) is 2.14. The maximum Gasteiger partial charge on any atom is 0.139 e. The molecule has 1 fully saturated rings. The Hall–Kier alpha value is -0.770. The molecule has 0 radical (unpaired) electrons. The van der Waals surface area contributed by atoms with Crippen LogP contribution in [0.25, 0.3) is 0 Å². The first-order valence-corrected chi connectivity index (χ1v) is 7.95. The van der Waals surface area contributed by atoms with Crippen LogP contribution in [0, 0.1) is 5.92 Å². The highest BCUT2D eigenvalue weighted by Crippen LogP contribution is 2.25. The number of hydrogen-bond acceptors (Lipinski definition) is 3. The van der Waals surface area contributed by atoms with E-state index in [0.29, 0.717) is 18.1 Å². The fourth-order valence-electron chi connectivity index (χ4n) is 2.46. The molecule has 0 aliphatic carbocycles. The van der Waals surface area contributed by atoms with E-state index >= 15 is 0 Å². The molecule has 0 aromatic carbocycles. The molecule has 3 nitrogen and oxygen atoms in total. The predicted molar refractivity (Wildman–Crippen MR) is 76.0 cm³/mol. The van der Waals surface area contributed by atoms with Gasteiger partial charge in [0, 0.05) is 25.6 Å². The van der Waals surface area contributed by atoms with Crippen LogP contribution in [0.1, 0.15) is 37.6 Å². The Labute approximate surface area is 113 Å². The Morgan fingerprint density at radius 3 is 2.83 bits per heavy atom. The van der Waals surface area contributed by atoms with E-state index in [1.807, 2.05) is 23.5 Å². The van der Waals surface area contributed by atoms with Gasteiger partial charge >= 0.3 is 0 Å². The molecule has 1 aromatic heterocycles. The Bertz CT molecular complexity index is 408. The zero-order chi connectivity index (χ0) is 13.0. The van der Waals surface area contributed by atoms with Gasteiger partial charge in [0.05, 0.1) is 5.69 Å². The SMILES string of the molecule is CCc1cc(CC(=O)CC2CCSCC2)n(C)n1. The summed E-state index contributed by atoms with van der Waals surface area (Å²) in [6, 6.07) is 2.06. The number of nitrogens with zero attached hydrogens (tertiary/aromatic N) is 2. The Morgan fingerprint density at radius 1 is 1.50 bits per heavy atom. The van der Waals surface area contributed by atoms with E-state index in [-0.39, 0.29) is 0 Å². The lowest BCUT2D eigenvalue weighted by atomic mass is 9.95. The van der Waals surface area contributed by atoms with E-state index in [2.05, 4.69) is 18.1 Å². The quantitative estimate of drug-likeness (QED) is 0.822. The van der Waals surface area contributed by atoms with Gasteiger partial charge < -0.3 is 0 Å². The number of Topliss-reactive ketones (excluding diaryl/α,β-unsaturated/α-hetero) is 1. The summed E-state index contributed by atoms with van der Waals surface area (Å²) >= 11 is 2.01. The topological polar surface area (TPSA) is 34.9 Å². The van der Waals surface area contributed by atoms with Gasteiger partial charge in [-0.1, -0.05) is 6.92 Å². The van der Waals surface area contributed by atoms with E-state index in [9.17, 15) is 4.79 Å². The summed E-state index contributed by atoms with van der Waals surface area (Å²) in [4.78, 5) is 12.1. The maximum atomic E-state index is 12.1. The van der Waals surface area contributed by atoms with Gasteiger partial charge in [-0.25, -0.2) is 0 Å². The number of rotatable bonds is 5. The lowest BCUT2D eigenvalue weighted by Gasteiger charge is -2.20. The highest BCUT2D eigenvalue weighted by molar-refractivity contribution is 7.99. The average Bonchev–Trinajstić information content (AvgIpc) is 2.71. The van der Waals surface area contributed by atoms with Crippen molar-refractivity contribution in [2.75, 3.05) is 11.5 Å². The second-order valence-corrected chi connectivity index (χ2v) is 6.30. The molecule has 0 spiro atoms. The molecule has 1 aromatic rings. The van der Waals surface area contributed by atoms with Crippen molar-refractivity contribution in [1.29, 1.82) is 0 Å². The standard InChI is InChI=1S/C14H22N2OS/c1-3-12-9-13(16(2)15-12)10-14(17)8-11-4-6-18-7-5-11/h9,11H,3-8,10H2,1-2H3. The van der Waals surface area contributed by atoms with Crippen LogP contribution in [-0.4, -0.2) is 27.1 Å². The third-order valence-corrected chi connectivity index (χ3v) is 4.67. The fraction of sp³-hybridized carbons (Fsp3) is 0.714. The monoisotopic (exact) mass is 266 g/mol. The molecule has 0 saturated carbocycles. The normalized spacial score (nSPS) is 17.0. The van der Waals surface area contributed by atoms with Crippen molar-refractivity contribution < 1.29 is 4.79 Å². The highest BCUT2D eigenvalue weighted by atomic mass is 32.2. The van der Waals surface area contributed by atoms with Gasteiger partial charge in [-0.15, -0.1) is 0 Å². The molecule has 0 bridgehead atoms. The zero-order valence-corrected chi connectivity index (χ0v) is 12.1. The molecule has 0 amide bonds. The minimum Gasteiger partial charge on any atom is -0.299 e. The third-order valence-electron chi connectivity index (χ3n) is 3.63. The van der Waals surface area contributed by atoms with Crippen molar-refractivity contribution in [3.63, 3.8) is 0 Å². The smallest absolute Gasteiger partial charge is 0.139 e. The van der Waals surface area contributed by atoms with Crippen LogP contribution >= 0.6 is 11.8 Å². The number of aryl methyl sites for hydroxylation is 2. The molecule has 2 heterocycles. The first kappa shape index (κ1) is 13.7. The highest BCUT2D eigenvalue weighted by Gasteiger charge is 2.18. The third kappa shape index (κ3) is 3.61. The molecule has 0 N–H and O–H groups in total. The zero-order valence-electron chi connectivity index (χ0n) is 11.3. The predicted octanol–water partition coefficient (Wildman–Crippen LogP) is 2.63. The van der Waals surface area contributed by atoms with Gasteiger partial charge in [0.1, 0.15) is 5.78 Å². The van der Waals surface area contributed by atoms with E-state index in [1.165, 1.54) is 24.3 Å². The lowest BCUT2D eigenvalue weighted by Crippen LogP contribution is -2.16. The second-order valence-electron chi connectivity index (χ2n) is 5.08. The van der Waals surface area contributed by atoms with Gasteiger partial charge in [-0.2, -0.15) is 16.9 Å². The van der Waals surface area contributed by atoms with Gasteiger partial charge in [-0.05, 0) is 42.8 Å². The summed E-state index contributed by atoms with van der Waals surface area (Å²) in [6.45, 7) is 2.09. The number of carbonyl (C=O) groups is 1. The van der Waals surface area contributed by atoms with E-state index in [4.69, 9.17) is 0 Å². The molecule has 1 saturated heterocycles. The molecule has 2 rings (SSSR count). The Balaban J connectivity index is 1.87. The van der Waals surface area contributed by atoms with Crippen molar-refractivity contribution in [3.8, 4) is 0 Å². The first-order valence-electron chi connectivity index (χ1n) is 6.80. The minimum atomic E-state index is 0.373. The summed E-state index contributed by atoms with van der Waals surface area (Å²) in [6.07, 6.45) is 4.66. The fourth-order valence-corrected chi connectivity index (χ4v) is 3.66. The Morgan fingerprint density at radius 2 is 2.22 bits per heavy atom. The van der Waals surface area contributed by atoms with Crippen LogP contribution in [0.5, 0.6) is 0 Å². The van der Waals surface area contributed by atoms with Gasteiger partial charge in [0.25, 0.3) is 0 Å². The molecule has 100 valence electrons. The van der Waals surface area contributed by atoms with Gasteiger partial charge in [0.2, 0.25) is 0 Å². The average molecular weight is 266 g/mol. The second kappa shape index (κ2) is 6.41. The summed E-state index contributed by atoms with van der Waals surface area (Å²) < 4.78 is 1.85. The molecule has 1 aliphatic heterocycles. The van der Waals surface area contributed by atoms with Crippen molar-refractivity contribution in [2.24, 2.45) is 13.0 Å². The largest absolute Gasteiger partial charge is 0.299 e. The summed E-state index contributed by atoms with van der Waals surface area (Å²) in [5.74, 6) is 3.45. The molecule has 1 aliphatic rings. The van der Waals surface area contributed by atoms with Crippen LogP contribution in [-0.2, 0) is 24.7 Å². The van der Waals surface area contributed by atoms with E-state index in [1.54, 1.807) is 0 Å². The summed E-state index contributed by atoms with van der Waals surface area (Å²) in [5, 5.41) is 4.39. The number of thioether (sulfide) groups is 1. The molecule has 4 heteroatoms. The van der Waals surface area contributed by atoms with Gasteiger partial charge in [-0.3, -0.25) is 9.48 Å². The van der Waals surface area contributed by atoms with Crippen LogP contribution in [0.15, 0.2) is 6.07 Å². The van der Waals surface area contributed by atoms with Crippen molar-refractivity contribution in [1.82, 2.24) is 9.78 Å². The number of hydrogen-bond donors (Lipinski definition) is 0.